The minimum Gasteiger partial charge on any atom is -0.481 e. The van der Waals surface area contributed by atoms with Crippen LogP contribution < -0.4 is 20.5 Å². The Balaban J connectivity index is 1.71. The van der Waals surface area contributed by atoms with Crippen LogP contribution in [0.15, 0.2) is 41.3 Å². The van der Waals surface area contributed by atoms with E-state index in [9.17, 15) is 4.79 Å². The normalized spacial score (nSPS) is 17.6. The number of methoxy groups -OCH3 is 1. The zero-order valence-corrected chi connectivity index (χ0v) is 21.1. The Morgan fingerprint density at radius 2 is 1.94 bits per heavy atom. The zero-order chi connectivity index (χ0) is 24.9. The van der Waals surface area contributed by atoms with E-state index in [-0.39, 0.29) is 17.7 Å². The van der Waals surface area contributed by atoms with Gasteiger partial charge in [0.05, 0.1) is 30.6 Å². The van der Waals surface area contributed by atoms with Gasteiger partial charge in [-0.2, -0.15) is 0 Å². The van der Waals surface area contributed by atoms with Crippen LogP contribution in [0.4, 0.5) is 11.5 Å². The third-order valence-corrected chi connectivity index (χ3v) is 6.36. The van der Waals surface area contributed by atoms with Crippen LogP contribution in [0, 0.1) is 6.92 Å². The number of nitrogens with zero attached hydrogens (tertiary/aromatic N) is 5. The number of hydrogen-bond donors (Lipinski definition) is 1. The summed E-state index contributed by atoms with van der Waals surface area (Å²) >= 11 is 0. The molecule has 4 rings (SSSR count). The lowest BCUT2D eigenvalue weighted by Crippen LogP contribution is -2.38. The maximum atomic E-state index is 13.8. The highest BCUT2D eigenvalue weighted by Gasteiger charge is 2.35. The second-order valence-electron chi connectivity index (χ2n) is 8.48. The van der Waals surface area contributed by atoms with Gasteiger partial charge in [0.1, 0.15) is 17.3 Å². The Morgan fingerprint density at radius 3 is 2.57 bits per heavy atom. The lowest BCUT2D eigenvalue weighted by molar-refractivity contribution is 0.0719. The number of aryl methyl sites for hydroxylation is 2. The molecule has 1 saturated heterocycles. The Hall–Kier alpha value is -3.46. The van der Waals surface area contributed by atoms with Gasteiger partial charge < -0.3 is 19.7 Å². The summed E-state index contributed by atoms with van der Waals surface area (Å²) in [5.41, 5.74) is 2.77. The van der Waals surface area contributed by atoms with Gasteiger partial charge in [-0.1, -0.05) is 13.0 Å². The molecule has 35 heavy (non-hydrogen) atoms. The summed E-state index contributed by atoms with van der Waals surface area (Å²) < 4.78 is 13.0. The molecular weight excluding hydrogens is 444 g/mol. The van der Waals surface area contributed by atoms with Crippen molar-refractivity contribution < 1.29 is 9.47 Å². The van der Waals surface area contributed by atoms with Gasteiger partial charge in [0.15, 0.2) is 0 Å². The summed E-state index contributed by atoms with van der Waals surface area (Å²) in [6.07, 6.45) is 2.33. The molecular formula is C26H34N6O3. The first-order valence-corrected chi connectivity index (χ1v) is 12.2. The third-order valence-electron chi connectivity index (χ3n) is 6.36. The van der Waals surface area contributed by atoms with Crippen molar-refractivity contribution in [1.29, 1.82) is 0 Å². The predicted octanol–water partition coefficient (Wildman–Crippen LogP) is 3.31. The first-order valence-electron chi connectivity index (χ1n) is 12.2. The van der Waals surface area contributed by atoms with Crippen LogP contribution in [-0.2, 0) is 17.7 Å². The number of anilines is 2. The SMILES string of the molecule is CCO[C@@H]1CN(c2ccccn2)C[C@H]1Nc1c(CC)nc(-c2ccc(OC)nc2C)n(CC)c1=O. The van der Waals surface area contributed by atoms with Gasteiger partial charge in [0.2, 0.25) is 5.88 Å². The van der Waals surface area contributed by atoms with E-state index in [1.165, 1.54) is 0 Å². The van der Waals surface area contributed by atoms with Crippen molar-refractivity contribution in [2.75, 3.05) is 37.0 Å². The fourth-order valence-electron chi connectivity index (χ4n) is 4.60. The number of ether oxygens (including phenoxy) is 2. The summed E-state index contributed by atoms with van der Waals surface area (Å²) in [7, 11) is 1.59. The second kappa shape index (κ2) is 10.9. The average Bonchev–Trinajstić information content (AvgIpc) is 3.28. The highest BCUT2D eigenvalue weighted by Crippen LogP contribution is 2.26. The maximum Gasteiger partial charge on any atom is 0.277 e. The predicted molar refractivity (Wildman–Crippen MR) is 137 cm³/mol. The molecule has 3 aromatic heterocycles. The number of nitrogens with one attached hydrogen (secondary N) is 1. The molecule has 3 aromatic rings. The van der Waals surface area contributed by atoms with E-state index in [0.717, 1.165) is 22.8 Å². The molecule has 0 unspecified atom stereocenters. The van der Waals surface area contributed by atoms with Gasteiger partial charge in [0.25, 0.3) is 5.56 Å². The second-order valence-corrected chi connectivity index (χ2v) is 8.48. The molecule has 0 amide bonds. The van der Waals surface area contributed by atoms with Crippen molar-refractivity contribution in [3.05, 3.63) is 58.3 Å². The molecule has 1 fully saturated rings. The van der Waals surface area contributed by atoms with E-state index in [1.54, 1.807) is 23.9 Å². The molecule has 1 aliphatic heterocycles. The van der Waals surface area contributed by atoms with Gasteiger partial charge in [0, 0.05) is 44.1 Å². The lowest BCUT2D eigenvalue weighted by Gasteiger charge is -2.23. The molecule has 0 aliphatic carbocycles. The molecule has 1 aliphatic rings. The molecule has 9 nitrogen and oxygen atoms in total. The van der Waals surface area contributed by atoms with E-state index >= 15 is 0 Å². The van der Waals surface area contributed by atoms with E-state index in [4.69, 9.17) is 14.5 Å². The first kappa shape index (κ1) is 24.7. The maximum absolute atomic E-state index is 13.8. The number of rotatable bonds is 9. The summed E-state index contributed by atoms with van der Waals surface area (Å²) in [5, 5.41) is 3.52. The van der Waals surface area contributed by atoms with Crippen LogP contribution in [0.1, 0.15) is 32.2 Å². The number of aromatic nitrogens is 4. The van der Waals surface area contributed by atoms with E-state index in [0.29, 0.717) is 50.1 Å². The van der Waals surface area contributed by atoms with Crippen LogP contribution in [0.2, 0.25) is 0 Å². The Bertz CT molecular complexity index is 1210. The zero-order valence-electron chi connectivity index (χ0n) is 21.1. The smallest absolute Gasteiger partial charge is 0.277 e. The van der Waals surface area contributed by atoms with Crippen molar-refractivity contribution in [2.45, 2.75) is 52.8 Å². The van der Waals surface area contributed by atoms with Crippen LogP contribution >= 0.6 is 0 Å². The fourth-order valence-corrected chi connectivity index (χ4v) is 4.60. The van der Waals surface area contributed by atoms with Crippen molar-refractivity contribution in [2.24, 2.45) is 0 Å². The minimum absolute atomic E-state index is 0.0719. The highest BCUT2D eigenvalue weighted by atomic mass is 16.5. The Kier molecular flexibility index (Phi) is 7.65. The standard InChI is InChI=1S/C26H34N6O3/c1-6-19-24(29-20-15-31(16-21(20)35-8-3)22-11-9-10-14-27-22)26(33)32(7-2)25(30-19)18-12-13-23(34-5)28-17(18)4/h9-14,20-21,29H,6-8,15-16H2,1-5H3/t20-,21-/m1/s1. The van der Waals surface area contributed by atoms with Crippen LogP contribution in [0.3, 0.4) is 0 Å². The van der Waals surface area contributed by atoms with Crippen LogP contribution in [-0.4, -0.2) is 58.5 Å². The van der Waals surface area contributed by atoms with Crippen molar-refractivity contribution in [3.8, 4) is 17.3 Å². The summed E-state index contributed by atoms with van der Waals surface area (Å²) in [6, 6.07) is 9.51. The van der Waals surface area contributed by atoms with E-state index < -0.39 is 0 Å². The monoisotopic (exact) mass is 478 g/mol. The van der Waals surface area contributed by atoms with Crippen molar-refractivity contribution >= 4 is 11.5 Å². The molecule has 0 spiro atoms. The molecule has 0 aromatic carbocycles. The van der Waals surface area contributed by atoms with Gasteiger partial charge >= 0.3 is 0 Å². The Morgan fingerprint density at radius 1 is 1.11 bits per heavy atom. The molecule has 1 N–H and O–H groups in total. The first-order chi connectivity index (χ1) is 17.0. The molecule has 0 saturated carbocycles. The van der Waals surface area contributed by atoms with Gasteiger partial charge in [-0.05, 0) is 45.4 Å². The molecule has 0 radical (unpaired) electrons. The van der Waals surface area contributed by atoms with E-state index in [2.05, 4.69) is 20.2 Å². The number of hydrogen-bond acceptors (Lipinski definition) is 8. The summed E-state index contributed by atoms with van der Waals surface area (Å²) in [6.45, 7) is 10.3. The Labute approximate surface area is 206 Å². The van der Waals surface area contributed by atoms with Crippen molar-refractivity contribution in [3.63, 3.8) is 0 Å². The average molecular weight is 479 g/mol. The minimum atomic E-state index is -0.0869. The molecule has 2 atom stereocenters. The van der Waals surface area contributed by atoms with Gasteiger partial charge in [-0.25, -0.2) is 15.0 Å². The van der Waals surface area contributed by atoms with Gasteiger partial charge in [-0.15, -0.1) is 0 Å². The lowest BCUT2D eigenvalue weighted by atomic mass is 10.1. The van der Waals surface area contributed by atoms with E-state index in [1.807, 2.05) is 52.0 Å². The summed E-state index contributed by atoms with van der Waals surface area (Å²) in [4.78, 5) is 29.9. The van der Waals surface area contributed by atoms with Crippen LogP contribution in [0.5, 0.6) is 5.88 Å². The third kappa shape index (κ3) is 5.00. The molecule has 4 heterocycles. The fraction of sp³-hybridized carbons (Fsp3) is 0.462. The quantitative estimate of drug-likeness (QED) is 0.501. The van der Waals surface area contributed by atoms with Gasteiger partial charge in [-0.3, -0.25) is 9.36 Å². The molecule has 9 heteroatoms. The van der Waals surface area contributed by atoms with Crippen LogP contribution in [0.25, 0.3) is 11.4 Å². The summed E-state index contributed by atoms with van der Waals surface area (Å²) in [5.74, 6) is 2.06. The topological polar surface area (TPSA) is 94.4 Å². The molecule has 186 valence electrons. The largest absolute Gasteiger partial charge is 0.481 e. The number of pyridine rings is 2. The molecule has 0 bridgehead atoms. The van der Waals surface area contributed by atoms with Crippen molar-refractivity contribution in [1.82, 2.24) is 19.5 Å². The highest BCUT2D eigenvalue weighted by molar-refractivity contribution is 5.62.